The summed E-state index contributed by atoms with van der Waals surface area (Å²) in [7, 11) is 0. The zero-order valence-electron chi connectivity index (χ0n) is 19.7. The number of aromatic nitrogens is 2. The number of anilines is 1. The fraction of sp³-hybridized carbons (Fsp3) is 0.320. The summed E-state index contributed by atoms with van der Waals surface area (Å²) in [6.45, 7) is 6.78. The third-order valence-corrected chi connectivity index (χ3v) is 6.17. The lowest BCUT2D eigenvalue weighted by Gasteiger charge is -2.33. The van der Waals surface area contributed by atoms with Crippen LogP contribution in [0, 0.1) is 0 Å². The molecule has 1 amide bonds. The highest BCUT2D eigenvalue weighted by Crippen LogP contribution is 2.27. The van der Waals surface area contributed by atoms with Gasteiger partial charge < -0.3 is 15.4 Å². The Morgan fingerprint density at radius 2 is 1.97 bits per heavy atom. The number of fused-ring (bicyclic) bond motifs is 1. The van der Waals surface area contributed by atoms with Gasteiger partial charge in [-0.1, -0.05) is 55.8 Å². The SMILES string of the molecule is CC.FSN1Cc2cncnc2C1.Nc1ccc(C(=O)N2CCO[C@@H](c3ccccc3)C2)c(Cl)c1. The van der Waals surface area contributed by atoms with Gasteiger partial charge in [0.1, 0.15) is 24.8 Å². The highest BCUT2D eigenvalue weighted by molar-refractivity contribution is 7.91. The van der Waals surface area contributed by atoms with Gasteiger partial charge in [-0.2, -0.15) is 0 Å². The van der Waals surface area contributed by atoms with Gasteiger partial charge in [-0.3, -0.25) is 4.79 Å². The van der Waals surface area contributed by atoms with E-state index in [1.54, 1.807) is 33.6 Å². The number of benzene rings is 2. The second-order valence-electron chi connectivity index (χ2n) is 7.62. The van der Waals surface area contributed by atoms with E-state index in [9.17, 15) is 8.68 Å². The van der Waals surface area contributed by atoms with Gasteiger partial charge in [0.2, 0.25) is 0 Å². The summed E-state index contributed by atoms with van der Waals surface area (Å²) in [4.78, 5) is 22.3. The van der Waals surface area contributed by atoms with E-state index in [4.69, 9.17) is 22.1 Å². The first-order chi connectivity index (χ1) is 17.0. The van der Waals surface area contributed by atoms with Crippen molar-refractivity contribution in [1.82, 2.24) is 19.2 Å². The lowest BCUT2D eigenvalue weighted by molar-refractivity contribution is -0.0228. The van der Waals surface area contributed by atoms with Crippen LogP contribution in [0.3, 0.4) is 0 Å². The molecule has 2 N–H and O–H groups in total. The predicted molar refractivity (Wildman–Crippen MR) is 138 cm³/mol. The van der Waals surface area contributed by atoms with E-state index in [0.29, 0.717) is 49.1 Å². The molecular weight excluding hydrogens is 489 g/mol. The molecule has 3 heterocycles. The molecule has 186 valence electrons. The minimum Gasteiger partial charge on any atom is -0.399 e. The molecule has 10 heteroatoms. The Bertz CT molecular complexity index is 1080. The molecular formula is C25H29ClFN5O2S. The Balaban J connectivity index is 0.000000220. The molecule has 2 aliphatic heterocycles. The number of carbonyl (C=O) groups excluding carboxylic acids is 1. The molecule has 5 rings (SSSR count). The van der Waals surface area contributed by atoms with Crippen LogP contribution in [0.15, 0.2) is 61.1 Å². The zero-order chi connectivity index (χ0) is 25.2. The quantitative estimate of drug-likeness (QED) is 0.363. The number of rotatable bonds is 3. The van der Waals surface area contributed by atoms with Crippen LogP contribution in [-0.2, 0) is 17.8 Å². The van der Waals surface area contributed by atoms with E-state index >= 15 is 0 Å². The van der Waals surface area contributed by atoms with Crippen LogP contribution in [0.4, 0.5) is 9.57 Å². The number of halogens is 2. The first kappa shape index (κ1) is 26.9. The Labute approximate surface area is 214 Å². The van der Waals surface area contributed by atoms with Crippen molar-refractivity contribution < 1.29 is 13.4 Å². The standard InChI is InChI=1S/C17H17ClN2O2.C6H6FN3S.C2H6/c18-15-10-13(19)6-7-14(15)17(21)20-8-9-22-16(11-20)12-4-2-1-3-5-12;7-11-10-2-5-1-8-4-9-6(5)3-10;1-2/h1-7,10,16H,8-9,11,19H2;1,4H,2-3H2;1-2H3/t16-;;/m1../s1. The molecule has 0 aliphatic carbocycles. The minimum absolute atomic E-state index is 0.0887. The average molecular weight is 518 g/mol. The Hall–Kier alpha value is -2.72. The molecule has 2 aromatic carbocycles. The van der Waals surface area contributed by atoms with Gasteiger partial charge in [-0.05, 0) is 23.8 Å². The fourth-order valence-electron chi connectivity index (χ4n) is 3.70. The third kappa shape index (κ3) is 7.14. The lowest BCUT2D eigenvalue weighted by atomic mass is 10.1. The number of morpholine rings is 1. The monoisotopic (exact) mass is 517 g/mol. The summed E-state index contributed by atoms with van der Waals surface area (Å²) in [5.41, 5.74) is 9.73. The van der Waals surface area contributed by atoms with Gasteiger partial charge in [0.25, 0.3) is 5.91 Å². The summed E-state index contributed by atoms with van der Waals surface area (Å²) >= 11 is 6.39. The molecule has 0 spiro atoms. The predicted octanol–water partition coefficient (Wildman–Crippen LogP) is 5.49. The molecule has 0 radical (unpaired) electrons. The topological polar surface area (TPSA) is 84.6 Å². The van der Waals surface area contributed by atoms with Crippen LogP contribution in [0.25, 0.3) is 0 Å². The van der Waals surface area contributed by atoms with Crippen molar-refractivity contribution in [2.75, 3.05) is 25.4 Å². The average Bonchev–Trinajstić information content (AvgIpc) is 3.34. The third-order valence-electron chi connectivity index (χ3n) is 5.40. The maximum absolute atomic E-state index is 12.7. The molecule has 0 unspecified atom stereocenters. The van der Waals surface area contributed by atoms with Crippen LogP contribution in [-0.4, -0.2) is 44.8 Å². The van der Waals surface area contributed by atoms with Crippen molar-refractivity contribution in [3.63, 3.8) is 0 Å². The molecule has 3 aromatic rings. The van der Waals surface area contributed by atoms with Crippen molar-refractivity contribution in [3.8, 4) is 0 Å². The van der Waals surface area contributed by atoms with Crippen LogP contribution in [0.1, 0.15) is 47.1 Å². The van der Waals surface area contributed by atoms with E-state index in [2.05, 4.69) is 9.97 Å². The maximum Gasteiger partial charge on any atom is 0.255 e. The van der Waals surface area contributed by atoms with Gasteiger partial charge >= 0.3 is 0 Å². The van der Waals surface area contributed by atoms with E-state index in [1.165, 1.54) is 6.33 Å². The number of hydrogen-bond donors (Lipinski definition) is 1. The minimum atomic E-state index is -0.105. The van der Waals surface area contributed by atoms with E-state index < -0.39 is 0 Å². The smallest absolute Gasteiger partial charge is 0.255 e. The number of nitrogens with two attached hydrogens (primary N) is 1. The van der Waals surface area contributed by atoms with E-state index in [-0.39, 0.29) is 24.3 Å². The maximum atomic E-state index is 12.7. The van der Waals surface area contributed by atoms with Gasteiger partial charge in [0.05, 0.1) is 36.0 Å². The van der Waals surface area contributed by atoms with Crippen molar-refractivity contribution in [2.45, 2.75) is 33.0 Å². The van der Waals surface area contributed by atoms with E-state index in [0.717, 1.165) is 16.8 Å². The van der Waals surface area contributed by atoms with Crippen LogP contribution < -0.4 is 5.73 Å². The Morgan fingerprint density at radius 3 is 2.66 bits per heavy atom. The van der Waals surface area contributed by atoms with E-state index in [1.807, 2.05) is 44.2 Å². The first-order valence-corrected chi connectivity index (χ1v) is 12.4. The Kier molecular flexibility index (Phi) is 10.3. The van der Waals surface area contributed by atoms with Crippen molar-refractivity contribution in [1.29, 1.82) is 0 Å². The van der Waals surface area contributed by atoms with Gasteiger partial charge in [-0.15, -0.1) is 3.89 Å². The number of amides is 1. The molecule has 7 nitrogen and oxygen atoms in total. The van der Waals surface area contributed by atoms with Crippen molar-refractivity contribution >= 4 is 35.5 Å². The molecule has 1 atom stereocenters. The van der Waals surface area contributed by atoms with Gasteiger partial charge in [0, 0.05) is 30.5 Å². The molecule has 35 heavy (non-hydrogen) atoms. The molecule has 0 saturated carbocycles. The Morgan fingerprint density at radius 1 is 1.20 bits per heavy atom. The van der Waals surface area contributed by atoms with Crippen molar-refractivity contribution in [2.24, 2.45) is 0 Å². The highest BCUT2D eigenvalue weighted by Gasteiger charge is 2.27. The molecule has 2 aliphatic rings. The number of nitrogen functional groups attached to an aromatic ring is 1. The lowest BCUT2D eigenvalue weighted by Crippen LogP contribution is -2.42. The molecule has 1 fully saturated rings. The van der Waals surface area contributed by atoms with Crippen LogP contribution in [0.5, 0.6) is 0 Å². The summed E-state index contributed by atoms with van der Waals surface area (Å²) in [6.07, 6.45) is 3.12. The number of nitrogens with zero attached hydrogens (tertiary/aromatic N) is 4. The van der Waals surface area contributed by atoms with Crippen LogP contribution in [0.2, 0.25) is 5.02 Å². The summed E-state index contributed by atoms with van der Waals surface area (Å²) in [5.74, 6) is -0.0887. The van der Waals surface area contributed by atoms with Gasteiger partial charge in [-0.25, -0.2) is 14.3 Å². The number of ether oxygens (including phenoxy) is 1. The van der Waals surface area contributed by atoms with Crippen molar-refractivity contribution in [3.05, 3.63) is 88.5 Å². The largest absolute Gasteiger partial charge is 0.399 e. The zero-order valence-corrected chi connectivity index (χ0v) is 21.3. The van der Waals surface area contributed by atoms with Crippen LogP contribution >= 0.6 is 23.9 Å². The fourth-order valence-corrected chi connectivity index (χ4v) is 4.33. The summed E-state index contributed by atoms with van der Waals surface area (Å²) in [6, 6.07) is 14.9. The summed E-state index contributed by atoms with van der Waals surface area (Å²) in [5, 5.41) is 0.382. The van der Waals surface area contributed by atoms with Gasteiger partial charge in [0.15, 0.2) is 0 Å². The molecule has 1 saturated heterocycles. The number of carbonyl (C=O) groups is 1. The summed E-state index contributed by atoms with van der Waals surface area (Å²) < 4.78 is 19.4. The second kappa shape index (κ2) is 13.4. The highest BCUT2D eigenvalue weighted by atomic mass is 35.5. The molecule has 0 bridgehead atoms. The first-order valence-electron chi connectivity index (χ1n) is 11.4. The number of hydrogen-bond acceptors (Lipinski definition) is 7. The molecule has 1 aromatic heterocycles. The normalized spacial score (nSPS) is 16.9. The second-order valence-corrected chi connectivity index (χ2v) is 8.68.